The van der Waals surface area contributed by atoms with Crippen molar-refractivity contribution in [2.45, 2.75) is 33.1 Å². The number of aryl methyl sites for hydroxylation is 1. The van der Waals surface area contributed by atoms with E-state index in [2.05, 4.69) is 45.9 Å². The molecule has 5 heteroatoms. The maximum absolute atomic E-state index is 5.98. The lowest BCUT2D eigenvalue weighted by Gasteiger charge is -2.23. The molecule has 0 spiro atoms. The van der Waals surface area contributed by atoms with Crippen LogP contribution in [0.2, 0.25) is 5.02 Å². The van der Waals surface area contributed by atoms with E-state index in [1.807, 2.05) is 0 Å². The molecular formula is C20H24ClNO2S. The quantitative estimate of drug-likeness (QED) is 0.566. The van der Waals surface area contributed by atoms with Crippen LogP contribution in [0.1, 0.15) is 37.5 Å². The number of benzene rings is 2. The Morgan fingerprint density at radius 2 is 1.68 bits per heavy atom. The molecule has 2 rings (SSSR count). The summed E-state index contributed by atoms with van der Waals surface area (Å²) in [6.07, 6.45) is 0. The van der Waals surface area contributed by atoms with Crippen molar-refractivity contribution in [3.8, 4) is 11.5 Å². The maximum Gasteiger partial charge on any atom is 0.129 e. The van der Waals surface area contributed by atoms with Gasteiger partial charge in [-0.25, -0.2) is 0 Å². The lowest BCUT2D eigenvalue weighted by atomic mass is 9.86. The van der Waals surface area contributed by atoms with E-state index in [0.29, 0.717) is 29.5 Å². The normalized spacial score (nSPS) is 11.2. The molecule has 0 saturated carbocycles. The fourth-order valence-electron chi connectivity index (χ4n) is 2.49. The van der Waals surface area contributed by atoms with Crippen molar-refractivity contribution in [2.24, 2.45) is 5.73 Å². The number of hydrogen-bond donors (Lipinski definition) is 1. The average molecular weight is 378 g/mol. The topological polar surface area (TPSA) is 44.5 Å². The van der Waals surface area contributed by atoms with Crippen LogP contribution in [0.25, 0.3) is 0 Å². The van der Waals surface area contributed by atoms with Gasteiger partial charge in [-0.1, -0.05) is 56.7 Å². The summed E-state index contributed by atoms with van der Waals surface area (Å²) in [5.74, 6) is 1.50. The molecule has 2 N–H and O–H groups in total. The summed E-state index contributed by atoms with van der Waals surface area (Å²) >= 11 is 11.0. The number of hydrogen-bond acceptors (Lipinski definition) is 3. The zero-order chi connectivity index (χ0) is 18.6. The van der Waals surface area contributed by atoms with Gasteiger partial charge in [-0.2, -0.15) is 0 Å². The third kappa shape index (κ3) is 5.35. The minimum Gasteiger partial charge on any atom is -0.490 e. The van der Waals surface area contributed by atoms with Gasteiger partial charge in [-0.05, 0) is 47.7 Å². The van der Waals surface area contributed by atoms with Crippen molar-refractivity contribution in [3.63, 3.8) is 0 Å². The molecule has 2 aromatic rings. The summed E-state index contributed by atoms with van der Waals surface area (Å²) in [6, 6.07) is 11.5. The lowest BCUT2D eigenvalue weighted by molar-refractivity contribution is 0.214. The number of ether oxygens (including phenoxy) is 2. The predicted octanol–water partition coefficient (Wildman–Crippen LogP) is 5.04. The zero-order valence-electron chi connectivity index (χ0n) is 15.1. The molecular weight excluding hydrogens is 354 g/mol. The van der Waals surface area contributed by atoms with E-state index in [9.17, 15) is 0 Å². The minimum atomic E-state index is 0.0129. The molecule has 25 heavy (non-hydrogen) atoms. The first-order valence-electron chi connectivity index (χ1n) is 8.14. The number of nitrogens with two attached hydrogens (primary N) is 1. The first kappa shape index (κ1) is 19.5. The second kappa shape index (κ2) is 8.07. The van der Waals surface area contributed by atoms with E-state index in [4.69, 9.17) is 39.0 Å². The highest BCUT2D eigenvalue weighted by Crippen LogP contribution is 2.32. The highest BCUT2D eigenvalue weighted by Gasteiger charge is 2.19. The minimum absolute atomic E-state index is 0.0129. The van der Waals surface area contributed by atoms with E-state index < -0.39 is 0 Å². The van der Waals surface area contributed by atoms with Crippen LogP contribution < -0.4 is 15.2 Å². The van der Waals surface area contributed by atoms with Gasteiger partial charge in [0.1, 0.15) is 29.7 Å². The van der Waals surface area contributed by atoms with Crippen LogP contribution in [-0.4, -0.2) is 18.2 Å². The van der Waals surface area contributed by atoms with E-state index >= 15 is 0 Å². The van der Waals surface area contributed by atoms with E-state index in [1.54, 1.807) is 18.2 Å². The molecule has 2 aromatic carbocycles. The molecule has 0 aliphatic rings. The van der Waals surface area contributed by atoms with Crippen LogP contribution in [0.5, 0.6) is 11.5 Å². The summed E-state index contributed by atoms with van der Waals surface area (Å²) in [6.45, 7) is 9.37. The third-order valence-electron chi connectivity index (χ3n) is 3.75. The summed E-state index contributed by atoms with van der Waals surface area (Å²) in [4.78, 5) is 0.257. The molecule has 3 nitrogen and oxygen atoms in total. The van der Waals surface area contributed by atoms with Gasteiger partial charge < -0.3 is 15.2 Å². The Morgan fingerprint density at radius 1 is 1.04 bits per heavy atom. The van der Waals surface area contributed by atoms with Crippen molar-refractivity contribution >= 4 is 28.8 Å². The van der Waals surface area contributed by atoms with Gasteiger partial charge in [-0.15, -0.1) is 0 Å². The lowest BCUT2D eigenvalue weighted by Crippen LogP contribution is -2.17. The standard InChI is InChI=1S/C20H24ClNO2S/c1-13-5-7-16(20(2,3)4)18(11-13)24-10-9-23-17-8-6-14(21)12-15(17)19(22)25/h5-8,11-12H,9-10H2,1-4H3,(H2,22,25). The number of halogens is 1. The maximum atomic E-state index is 5.98. The zero-order valence-corrected chi connectivity index (χ0v) is 16.6. The van der Waals surface area contributed by atoms with Gasteiger partial charge in [0.05, 0.1) is 5.56 Å². The van der Waals surface area contributed by atoms with Crippen LogP contribution in [0.15, 0.2) is 36.4 Å². The summed E-state index contributed by atoms with van der Waals surface area (Å²) in [5.41, 5.74) is 8.71. The molecule has 0 saturated heterocycles. The van der Waals surface area contributed by atoms with Crippen LogP contribution in [0.3, 0.4) is 0 Å². The van der Waals surface area contributed by atoms with E-state index in [0.717, 1.165) is 11.3 Å². The van der Waals surface area contributed by atoms with Crippen LogP contribution >= 0.6 is 23.8 Å². The smallest absolute Gasteiger partial charge is 0.129 e. The van der Waals surface area contributed by atoms with Crippen LogP contribution in [-0.2, 0) is 5.41 Å². The van der Waals surface area contributed by atoms with Crippen molar-refractivity contribution in [1.29, 1.82) is 0 Å². The van der Waals surface area contributed by atoms with Crippen LogP contribution in [0, 0.1) is 6.92 Å². The van der Waals surface area contributed by atoms with Gasteiger partial charge in [0, 0.05) is 5.02 Å². The Bertz CT molecular complexity index is 769. The molecule has 0 aliphatic carbocycles. The van der Waals surface area contributed by atoms with E-state index in [1.165, 1.54) is 5.56 Å². The van der Waals surface area contributed by atoms with Crippen molar-refractivity contribution < 1.29 is 9.47 Å². The monoisotopic (exact) mass is 377 g/mol. The Labute approximate surface area is 160 Å². The van der Waals surface area contributed by atoms with Crippen molar-refractivity contribution in [3.05, 3.63) is 58.1 Å². The van der Waals surface area contributed by atoms with Crippen LogP contribution in [0.4, 0.5) is 0 Å². The molecule has 0 aliphatic heterocycles. The summed E-state index contributed by atoms with van der Waals surface area (Å²) in [7, 11) is 0. The van der Waals surface area contributed by atoms with Gasteiger partial charge >= 0.3 is 0 Å². The molecule has 0 heterocycles. The summed E-state index contributed by atoms with van der Waals surface area (Å²) < 4.78 is 11.8. The molecule has 0 fully saturated rings. The van der Waals surface area contributed by atoms with Crippen molar-refractivity contribution in [2.75, 3.05) is 13.2 Å². The van der Waals surface area contributed by atoms with Gasteiger partial charge in [0.15, 0.2) is 0 Å². The molecule has 0 radical (unpaired) electrons. The second-order valence-corrected chi connectivity index (χ2v) is 7.83. The fourth-order valence-corrected chi connectivity index (χ4v) is 2.82. The Kier molecular flexibility index (Phi) is 6.31. The highest BCUT2D eigenvalue weighted by atomic mass is 35.5. The van der Waals surface area contributed by atoms with Gasteiger partial charge in [-0.3, -0.25) is 0 Å². The van der Waals surface area contributed by atoms with Crippen molar-refractivity contribution in [1.82, 2.24) is 0 Å². The molecule has 134 valence electrons. The number of rotatable bonds is 6. The molecule has 0 amide bonds. The highest BCUT2D eigenvalue weighted by molar-refractivity contribution is 7.80. The van der Waals surface area contributed by atoms with Gasteiger partial charge in [0.25, 0.3) is 0 Å². The fraction of sp³-hybridized carbons (Fsp3) is 0.350. The molecule has 0 aromatic heterocycles. The first-order chi connectivity index (χ1) is 11.7. The predicted molar refractivity (Wildman–Crippen MR) is 108 cm³/mol. The molecule has 0 bridgehead atoms. The third-order valence-corrected chi connectivity index (χ3v) is 4.21. The largest absolute Gasteiger partial charge is 0.490 e. The SMILES string of the molecule is Cc1ccc(C(C)(C)C)c(OCCOc2ccc(Cl)cc2C(N)=S)c1. The van der Waals surface area contributed by atoms with Gasteiger partial charge in [0.2, 0.25) is 0 Å². The van der Waals surface area contributed by atoms with E-state index in [-0.39, 0.29) is 10.4 Å². The summed E-state index contributed by atoms with van der Waals surface area (Å²) in [5, 5.41) is 0.570. The average Bonchev–Trinajstić information content (AvgIpc) is 2.51. The second-order valence-electron chi connectivity index (χ2n) is 6.95. The Hall–Kier alpha value is -1.78. The number of thiocarbonyl (C=S) groups is 1. The Balaban J connectivity index is 2.03. The first-order valence-corrected chi connectivity index (χ1v) is 8.93. The molecule has 0 atom stereocenters. The Morgan fingerprint density at radius 3 is 2.28 bits per heavy atom. The molecule has 0 unspecified atom stereocenters.